The van der Waals surface area contributed by atoms with Crippen molar-refractivity contribution in [2.75, 3.05) is 32.7 Å². The van der Waals surface area contributed by atoms with Crippen LogP contribution < -0.4 is 5.32 Å². The number of hydrogen-bond donors (Lipinski definition) is 1. The van der Waals surface area contributed by atoms with E-state index in [-0.39, 0.29) is 0 Å². The molecule has 1 aromatic rings. The van der Waals surface area contributed by atoms with E-state index in [1.165, 1.54) is 43.2 Å². The van der Waals surface area contributed by atoms with E-state index in [0.717, 1.165) is 25.4 Å². The van der Waals surface area contributed by atoms with Crippen LogP contribution in [0.5, 0.6) is 0 Å². The molecule has 1 aromatic heterocycles. The second kappa shape index (κ2) is 4.82. The Morgan fingerprint density at radius 2 is 2.19 bits per heavy atom. The quantitative estimate of drug-likeness (QED) is 0.859. The van der Waals surface area contributed by atoms with Gasteiger partial charge in [-0.1, -0.05) is 0 Å². The van der Waals surface area contributed by atoms with Crippen LogP contribution in [0.2, 0.25) is 0 Å². The lowest BCUT2D eigenvalue weighted by Crippen LogP contribution is -2.44. The molecule has 16 heavy (non-hydrogen) atoms. The zero-order chi connectivity index (χ0) is 10.8. The fourth-order valence-corrected chi connectivity index (χ4v) is 3.19. The Kier molecular flexibility index (Phi) is 3.22. The SMILES string of the molecule is c1sc(C2CC2)nc1CCN1CCNCC1. The molecule has 1 saturated heterocycles. The van der Waals surface area contributed by atoms with Crippen LogP contribution >= 0.6 is 11.3 Å². The van der Waals surface area contributed by atoms with E-state index < -0.39 is 0 Å². The Balaban J connectivity index is 1.49. The second-order valence-electron chi connectivity index (χ2n) is 4.79. The predicted molar refractivity (Wildman–Crippen MR) is 67.1 cm³/mol. The molecule has 0 aromatic carbocycles. The van der Waals surface area contributed by atoms with Gasteiger partial charge in [-0.25, -0.2) is 4.98 Å². The van der Waals surface area contributed by atoms with Crippen LogP contribution in [-0.2, 0) is 6.42 Å². The first kappa shape index (κ1) is 10.7. The summed E-state index contributed by atoms with van der Waals surface area (Å²) in [6.07, 6.45) is 3.86. The summed E-state index contributed by atoms with van der Waals surface area (Å²) in [5, 5.41) is 7.03. The molecule has 0 atom stereocenters. The van der Waals surface area contributed by atoms with Crippen molar-refractivity contribution in [3.63, 3.8) is 0 Å². The van der Waals surface area contributed by atoms with Crippen molar-refractivity contribution in [2.45, 2.75) is 25.2 Å². The van der Waals surface area contributed by atoms with Gasteiger partial charge in [0.15, 0.2) is 0 Å². The molecule has 2 heterocycles. The highest BCUT2D eigenvalue weighted by Crippen LogP contribution is 2.41. The molecule has 3 nitrogen and oxygen atoms in total. The van der Waals surface area contributed by atoms with Gasteiger partial charge in [0.1, 0.15) is 0 Å². The summed E-state index contributed by atoms with van der Waals surface area (Å²) in [5.41, 5.74) is 1.31. The van der Waals surface area contributed by atoms with Crippen molar-refractivity contribution < 1.29 is 0 Å². The van der Waals surface area contributed by atoms with Gasteiger partial charge in [0.05, 0.1) is 10.7 Å². The first-order valence-electron chi connectivity index (χ1n) is 6.29. The first-order valence-corrected chi connectivity index (χ1v) is 7.17. The summed E-state index contributed by atoms with van der Waals surface area (Å²) in [6.45, 7) is 5.85. The van der Waals surface area contributed by atoms with E-state index >= 15 is 0 Å². The van der Waals surface area contributed by atoms with Gasteiger partial charge in [-0.3, -0.25) is 0 Å². The fraction of sp³-hybridized carbons (Fsp3) is 0.750. The lowest BCUT2D eigenvalue weighted by atomic mass is 10.3. The van der Waals surface area contributed by atoms with E-state index in [1.807, 2.05) is 11.3 Å². The molecular formula is C12H19N3S. The van der Waals surface area contributed by atoms with Crippen LogP contribution in [0.3, 0.4) is 0 Å². The van der Waals surface area contributed by atoms with Crippen LogP contribution in [-0.4, -0.2) is 42.6 Å². The number of thiazole rings is 1. The topological polar surface area (TPSA) is 28.2 Å². The van der Waals surface area contributed by atoms with Crippen molar-refractivity contribution in [1.82, 2.24) is 15.2 Å². The standard InChI is InChI=1S/C12H19N3S/c1-2-10(1)12-14-11(9-16-12)3-6-15-7-4-13-5-8-15/h9-10,13H,1-8H2. The summed E-state index contributed by atoms with van der Waals surface area (Å²) in [7, 11) is 0. The lowest BCUT2D eigenvalue weighted by molar-refractivity contribution is 0.243. The maximum Gasteiger partial charge on any atom is 0.0959 e. The molecule has 0 bridgehead atoms. The number of nitrogens with one attached hydrogen (secondary N) is 1. The van der Waals surface area contributed by atoms with Gasteiger partial charge in [0.25, 0.3) is 0 Å². The third-order valence-corrected chi connectivity index (χ3v) is 4.45. The zero-order valence-electron chi connectivity index (χ0n) is 9.61. The summed E-state index contributed by atoms with van der Waals surface area (Å²) < 4.78 is 0. The maximum absolute atomic E-state index is 4.73. The lowest BCUT2D eigenvalue weighted by Gasteiger charge is -2.26. The molecule has 0 radical (unpaired) electrons. The molecule has 4 heteroatoms. The van der Waals surface area contributed by atoms with E-state index in [0.29, 0.717) is 0 Å². The highest BCUT2D eigenvalue weighted by Gasteiger charge is 2.26. The minimum absolute atomic E-state index is 0.818. The highest BCUT2D eigenvalue weighted by atomic mass is 32.1. The van der Waals surface area contributed by atoms with Crippen molar-refractivity contribution >= 4 is 11.3 Å². The Hall–Kier alpha value is -0.450. The van der Waals surface area contributed by atoms with Crippen molar-refractivity contribution in [1.29, 1.82) is 0 Å². The average Bonchev–Trinajstić information content (AvgIpc) is 3.08. The van der Waals surface area contributed by atoms with Crippen LogP contribution in [0.25, 0.3) is 0 Å². The summed E-state index contributed by atoms with van der Waals surface area (Å²) in [6, 6.07) is 0. The van der Waals surface area contributed by atoms with E-state index in [2.05, 4.69) is 15.6 Å². The summed E-state index contributed by atoms with van der Waals surface area (Å²) in [4.78, 5) is 7.27. The molecule has 1 saturated carbocycles. The van der Waals surface area contributed by atoms with E-state index in [1.54, 1.807) is 0 Å². The summed E-state index contributed by atoms with van der Waals surface area (Å²) in [5.74, 6) is 0.818. The number of aromatic nitrogens is 1. The molecule has 2 fully saturated rings. The molecule has 1 N–H and O–H groups in total. The van der Waals surface area contributed by atoms with Gasteiger partial charge in [-0.05, 0) is 12.8 Å². The number of rotatable bonds is 4. The Morgan fingerprint density at radius 3 is 2.94 bits per heavy atom. The normalized spacial score (nSPS) is 22.5. The minimum atomic E-state index is 0.818. The van der Waals surface area contributed by atoms with Gasteiger partial charge in [-0.2, -0.15) is 0 Å². The highest BCUT2D eigenvalue weighted by molar-refractivity contribution is 7.09. The molecule has 1 aliphatic carbocycles. The average molecular weight is 237 g/mol. The first-order chi connectivity index (χ1) is 7.92. The van der Waals surface area contributed by atoms with Crippen molar-refractivity contribution in [2.24, 2.45) is 0 Å². The maximum atomic E-state index is 4.73. The smallest absolute Gasteiger partial charge is 0.0959 e. The van der Waals surface area contributed by atoms with E-state index in [4.69, 9.17) is 4.98 Å². The molecule has 0 unspecified atom stereocenters. The predicted octanol–water partition coefficient (Wildman–Crippen LogP) is 1.47. The molecule has 88 valence electrons. The third kappa shape index (κ3) is 2.62. The van der Waals surface area contributed by atoms with Crippen LogP contribution in [0.15, 0.2) is 5.38 Å². The third-order valence-electron chi connectivity index (χ3n) is 3.39. The summed E-state index contributed by atoms with van der Waals surface area (Å²) >= 11 is 1.86. The zero-order valence-corrected chi connectivity index (χ0v) is 10.4. The molecular weight excluding hydrogens is 218 g/mol. The van der Waals surface area contributed by atoms with Gasteiger partial charge in [-0.15, -0.1) is 11.3 Å². The second-order valence-corrected chi connectivity index (χ2v) is 5.68. The molecule has 0 spiro atoms. The van der Waals surface area contributed by atoms with Crippen LogP contribution in [0, 0.1) is 0 Å². The molecule has 1 aliphatic heterocycles. The van der Waals surface area contributed by atoms with Gasteiger partial charge >= 0.3 is 0 Å². The van der Waals surface area contributed by atoms with Crippen LogP contribution in [0.4, 0.5) is 0 Å². The van der Waals surface area contributed by atoms with Crippen LogP contribution in [0.1, 0.15) is 29.5 Å². The van der Waals surface area contributed by atoms with Crippen molar-refractivity contribution in [3.8, 4) is 0 Å². The molecule has 2 aliphatic rings. The Labute approximate surface area is 101 Å². The number of piperazine rings is 1. The van der Waals surface area contributed by atoms with Crippen molar-refractivity contribution in [3.05, 3.63) is 16.1 Å². The minimum Gasteiger partial charge on any atom is -0.314 e. The monoisotopic (exact) mass is 237 g/mol. The number of hydrogen-bond acceptors (Lipinski definition) is 4. The molecule has 3 rings (SSSR count). The Morgan fingerprint density at radius 1 is 1.38 bits per heavy atom. The van der Waals surface area contributed by atoms with Gasteiger partial charge in [0.2, 0.25) is 0 Å². The molecule has 0 amide bonds. The van der Waals surface area contributed by atoms with Gasteiger partial charge < -0.3 is 10.2 Å². The van der Waals surface area contributed by atoms with Gasteiger partial charge in [0, 0.05) is 50.4 Å². The largest absolute Gasteiger partial charge is 0.314 e. The fourth-order valence-electron chi connectivity index (χ4n) is 2.16. The Bertz CT molecular complexity index is 340. The number of nitrogens with zero attached hydrogens (tertiary/aromatic N) is 2. The van der Waals surface area contributed by atoms with E-state index in [9.17, 15) is 0 Å².